The van der Waals surface area contributed by atoms with Gasteiger partial charge in [-0.1, -0.05) is 31.2 Å². The Kier molecular flexibility index (Phi) is 6.42. The number of aryl methyl sites for hydroxylation is 1. The van der Waals surface area contributed by atoms with Crippen LogP contribution in [0.2, 0.25) is 0 Å². The maximum Gasteiger partial charge on any atom is 0.251 e. The Labute approximate surface area is 175 Å². The van der Waals surface area contributed by atoms with Crippen LogP contribution in [0.25, 0.3) is 10.9 Å². The summed E-state index contributed by atoms with van der Waals surface area (Å²) in [6.45, 7) is 3.90. The highest BCUT2D eigenvalue weighted by molar-refractivity contribution is 7.99. The minimum absolute atomic E-state index is 0.0714. The average molecular weight is 402 g/mol. The number of fused-ring (bicyclic) bond motifs is 1. The number of rotatable bonds is 7. The van der Waals surface area contributed by atoms with Gasteiger partial charge in [-0.2, -0.15) is 10.5 Å². The van der Waals surface area contributed by atoms with Crippen molar-refractivity contribution in [3.05, 3.63) is 75.6 Å². The van der Waals surface area contributed by atoms with Crippen LogP contribution in [0.4, 0.5) is 0 Å². The molecule has 0 saturated carbocycles. The fraction of sp³-hybridized carbons (Fsp3) is 0.292. The quantitative estimate of drug-likeness (QED) is 0.440. The molecular formula is C24H23N3OS. The average Bonchev–Trinajstić information content (AvgIpc) is 2.73. The van der Waals surface area contributed by atoms with E-state index in [1.54, 1.807) is 11.8 Å². The van der Waals surface area contributed by atoms with E-state index in [2.05, 4.69) is 23.2 Å². The van der Waals surface area contributed by atoms with Crippen molar-refractivity contribution in [1.82, 2.24) is 4.98 Å². The maximum atomic E-state index is 12.2. The Hall–Kier alpha value is -3.02. The van der Waals surface area contributed by atoms with E-state index in [0.29, 0.717) is 19.3 Å². The number of thioether (sulfide) groups is 1. The van der Waals surface area contributed by atoms with Crippen LogP contribution in [-0.2, 0) is 18.3 Å². The first-order valence-electron chi connectivity index (χ1n) is 9.65. The lowest BCUT2D eigenvalue weighted by Gasteiger charge is -2.23. The van der Waals surface area contributed by atoms with Crippen molar-refractivity contribution in [2.24, 2.45) is 0 Å². The van der Waals surface area contributed by atoms with Gasteiger partial charge in [-0.25, -0.2) is 0 Å². The first kappa shape index (κ1) is 20.7. The minimum atomic E-state index is -0.718. The van der Waals surface area contributed by atoms with E-state index in [9.17, 15) is 10.1 Å². The summed E-state index contributed by atoms with van der Waals surface area (Å²) in [5.74, 6) is 0.757. The highest BCUT2D eigenvalue weighted by Crippen LogP contribution is 2.31. The number of aromatic nitrogens is 1. The minimum Gasteiger partial charge on any atom is -0.322 e. The Morgan fingerprint density at radius 2 is 1.97 bits per heavy atom. The fourth-order valence-electron chi connectivity index (χ4n) is 3.43. The third kappa shape index (κ3) is 4.70. The number of benzene rings is 2. The number of hydrogen-bond donors (Lipinski definition) is 1. The summed E-state index contributed by atoms with van der Waals surface area (Å²) in [5.41, 5.74) is 2.69. The molecule has 1 N–H and O–H groups in total. The van der Waals surface area contributed by atoms with Gasteiger partial charge in [0.15, 0.2) is 0 Å². The lowest BCUT2D eigenvalue weighted by atomic mass is 9.78. The number of aromatic amines is 1. The van der Waals surface area contributed by atoms with Crippen molar-refractivity contribution in [1.29, 1.82) is 10.5 Å². The van der Waals surface area contributed by atoms with Crippen molar-refractivity contribution >= 4 is 22.7 Å². The number of nitrogens with zero attached hydrogens (tertiary/aromatic N) is 2. The third-order valence-electron chi connectivity index (χ3n) is 5.13. The Bertz CT molecular complexity index is 1170. The normalized spacial score (nSPS) is 12.8. The van der Waals surface area contributed by atoms with Crippen LogP contribution >= 0.6 is 11.8 Å². The topological polar surface area (TPSA) is 80.4 Å². The monoisotopic (exact) mass is 401 g/mol. The van der Waals surface area contributed by atoms with E-state index in [1.807, 2.05) is 56.3 Å². The van der Waals surface area contributed by atoms with Crippen molar-refractivity contribution in [3.8, 4) is 12.1 Å². The third-order valence-corrected chi connectivity index (χ3v) is 6.12. The molecule has 0 bridgehead atoms. The first-order chi connectivity index (χ1) is 14.0. The van der Waals surface area contributed by atoms with Gasteiger partial charge in [-0.05, 0) is 60.5 Å². The molecule has 1 atom stereocenters. The number of nitriles is 2. The van der Waals surface area contributed by atoms with E-state index < -0.39 is 5.41 Å². The van der Waals surface area contributed by atoms with Crippen LogP contribution in [-0.4, -0.2) is 10.7 Å². The molecule has 2 aromatic carbocycles. The summed E-state index contributed by atoms with van der Waals surface area (Å²) in [4.78, 5) is 16.2. The van der Waals surface area contributed by atoms with Gasteiger partial charge in [0.1, 0.15) is 0 Å². The van der Waals surface area contributed by atoms with Gasteiger partial charge in [0.2, 0.25) is 0 Å². The molecule has 0 saturated heterocycles. The molecule has 3 aromatic rings. The molecule has 0 aliphatic heterocycles. The van der Waals surface area contributed by atoms with Crippen LogP contribution in [0.1, 0.15) is 37.0 Å². The standard InChI is InChI=1S/C24H23N3OS/c1-3-18-13-19-8-9-20(14-22(19)27-23(18)28)24(2,16-26)15-17-6-4-7-21(12-17)29-11-5-10-25/h4,6-9,12-14H,3,5,11,15H2,1-2H3,(H,27,28). The van der Waals surface area contributed by atoms with E-state index in [-0.39, 0.29) is 5.56 Å². The lowest BCUT2D eigenvalue weighted by Crippen LogP contribution is -2.23. The van der Waals surface area contributed by atoms with E-state index in [4.69, 9.17) is 5.26 Å². The van der Waals surface area contributed by atoms with Crippen molar-refractivity contribution in [2.75, 3.05) is 5.75 Å². The molecule has 0 fully saturated rings. The summed E-state index contributed by atoms with van der Waals surface area (Å²) in [6.07, 6.45) is 1.77. The summed E-state index contributed by atoms with van der Waals surface area (Å²) < 4.78 is 0. The van der Waals surface area contributed by atoms with Crippen LogP contribution in [0.15, 0.2) is 58.2 Å². The maximum absolute atomic E-state index is 12.2. The summed E-state index contributed by atoms with van der Waals surface area (Å²) in [7, 11) is 0. The van der Waals surface area contributed by atoms with Gasteiger partial charge in [-0.15, -0.1) is 11.8 Å². The van der Waals surface area contributed by atoms with E-state index in [1.165, 1.54) is 0 Å². The van der Waals surface area contributed by atoms with Crippen LogP contribution in [0.5, 0.6) is 0 Å². The summed E-state index contributed by atoms with van der Waals surface area (Å²) in [5, 5.41) is 19.7. The van der Waals surface area contributed by atoms with E-state index >= 15 is 0 Å². The van der Waals surface area contributed by atoms with Crippen molar-refractivity contribution in [3.63, 3.8) is 0 Å². The number of H-pyrrole nitrogens is 1. The molecule has 1 unspecified atom stereocenters. The zero-order valence-electron chi connectivity index (χ0n) is 16.7. The Morgan fingerprint density at radius 1 is 1.14 bits per heavy atom. The highest BCUT2D eigenvalue weighted by atomic mass is 32.2. The van der Waals surface area contributed by atoms with Crippen LogP contribution < -0.4 is 5.56 Å². The predicted octanol–water partition coefficient (Wildman–Crippen LogP) is 5.12. The molecule has 1 heterocycles. The second-order valence-corrected chi connectivity index (χ2v) is 8.47. The first-order valence-corrected chi connectivity index (χ1v) is 10.6. The van der Waals surface area contributed by atoms with Crippen molar-refractivity contribution in [2.45, 2.75) is 43.4 Å². The van der Waals surface area contributed by atoms with Gasteiger partial charge in [0.05, 0.1) is 17.6 Å². The highest BCUT2D eigenvalue weighted by Gasteiger charge is 2.27. The molecule has 5 heteroatoms. The van der Waals surface area contributed by atoms with Crippen LogP contribution in [0, 0.1) is 22.7 Å². The molecule has 0 radical (unpaired) electrons. The predicted molar refractivity (Wildman–Crippen MR) is 118 cm³/mol. The molecule has 0 spiro atoms. The molecule has 4 nitrogen and oxygen atoms in total. The molecular weight excluding hydrogens is 378 g/mol. The molecule has 0 aliphatic carbocycles. The van der Waals surface area contributed by atoms with Gasteiger partial charge < -0.3 is 4.98 Å². The van der Waals surface area contributed by atoms with Gasteiger partial charge in [0.25, 0.3) is 5.56 Å². The molecule has 0 amide bonds. The fourth-order valence-corrected chi connectivity index (χ4v) is 4.26. The molecule has 146 valence electrons. The van der Waals surface area contributed by atoms with E-state index in [0.717, 1.165) is 38.2 Å². The Morgan fingerprint density at radius 3 is 2.69 bits per heavy atom. The second-order valence-electron chi connectivity index (χ2n) is 7.30. The second kappa shape index (κ2) is 8.99. The smallest absolute Gasteiger partial charge is 0.251 e. The van der Waals surface area contributed by atoms with Crippen LogP contribution in [0.3, 0.4) is 0 Å². The Balaban J connectivity index is 1.91. The molecule has 1 aromatic heterocycles. The number of hydrogen-bond acceptors (Lipinski definition) is 4. The van der Waals surface area contributed by atoms with Gasteiger partial charge in [0, 0.05) is 28.1 Å². The number of nitrogens with one attached hydrogen (secondary N) is 1. The summed E-state index contributed by atoms with van der Waals surface area (Å²) >= 11 is 1.65. The summed E-state index contributed by atoms with van der Waals surface area (Å²) in [6, 6.07) is 20.6. The van der Waals surface area contributed by atoms with Gasteiger partial charge >= 0.3 is 0 Å². The van der Waals surface area contributed by atoms with Crippen molar-refractivity contribution < 1.29 is 0 Å². The molecule has 3 rings (SSSR count). The lowest BCUT2D eigenvalue weighted by molar-refractivity contribution is 0.606. The van der Waals surface area contributed by atoms with Gasteiger partial charge in [-0.3, -0.25) is 4.79 Å². The molecule has 29 heavy (non-hydrogen) atoms. The molecule has 0 aliphatic rings. The zero-order chi connectivity index (χ0) is 20.9. The largest absolute Gasteiger partial charge is 0.322 e. The number of pyridine rings is 1. The zero-order valence-corrected chi connectivity index (χ0v) is 17.5. The SMILES string of the molecule is CCc1cc2ccc(C(C)(C#N)Cc3cccc(SCCC#N)c3)cc2[nH]c1=O.